The Hall–Kier alpha value is -0.473. The molecule has 0 heterocycles. The second-order valence-electron chi connectivity index (χ2n) is 6.20. The highest BCUT2D eigenvalue weighted by molar-refractivity contribution is 6.78. The molecule has 0 aliphatic heterocycles. The molecule has 0 unspecified atom stereocenters. The zero-order chi connectivity index (χ0) is 14.6. The molecule has 0 radical (unpaired) electrons. The minimum Gasteiger partial charge on any atom is -0.543 e. The van der Waals surface area contributed by atoms with Crippen LogP contribution < -0.4 is 4.43 Å². The first-order valence-corrected chi connectivity index (χ1v) is 9.86. The van der Waals surface area contributed by atoms with Crippen LogP contribution in [-0.4, -0.2) is 8.32 Å². The molecule has 0 spiro atoms. The maximum absolute atomic E-state index is 6.58. The summed E-state index contributed by atoms with van der Waals surface area (Å²) < 4.78 is 6.58. The van der Waals surface area contributed by atoms with Gasteiger partial charge in [0.25, 0.3) is 8.32 Å². The van der Waals surface area contributed by atoms with Gasteiger partial charge >= 0.3 is 0 Å². The first-order chi connectivity index (χ1) is 8.84. The van der Waals surface area contributed by atoms with E-state index in [1.54, 1.807) is 0 Å². The van der Waals surface area contributed by atoms with Gasteiger partial charge in [0, 0.05) is 5.88 Å². The Labute approximate surface area is 124 Å². The summed E-state index contributed by atoms with van der Waals surface area (Å²) in [5, 5.41) is 0. The Balaban J connectivity index is 3.06. The third-order valence-electron chi connectivity index (χ3n) is 4.08. The molecule has 0 saturated carbocycles. The van der Waals surface area contributed by atoms with Gasteiger partial charge in [-0.25, -0.2) is 0 Å². The summed E-state index contributed by atoms with van der Waals surface area (Å²) in [7, 11) is -1.83. The SMILES string of the molecule is CC(C)[Si](Oc1ccc(CCl)cc1)(C(C)C)C(C)C. The van der Waals surface area contributed by atoms with Crippen molar-refractivity contribution < 1.29 is 4.43 Å². The summed E-state index contributed by atoms with van der Waals surface area (Å²) in [6, 6.07) is 8.24. The highest BCUT2D eigenvalue weighted by Crippen LogP contribution is 2.42. The summed E-state index contributed by atoms with van der Waals surface area (Å²) in [6.07, 6.45) is 0. The predicted octanol–water partition coefficient (Wildman–Crippen LogP) is 5.98. The van der Waals surface area contributed by atoms with Crippen LogP contribution in [0.2, 0.25) is 16.6 Å². The number of hydrogen-bond acceptors (Lipinski definition) is 1. The molecule has 0 bridgehead atoms. The Bertz CT molecular complexity index is 362. The van der Waals surface area contributed by atoms with Crippen molar-refractivity contribution in [3.63, 3.8) is 0 Å². The Morgan fingerprint density at radius 1 is 0.895 bits per heavy atom. The van der Waals surface area contributed by atoms with Crippen LogP contribution in [0.3, 0.4) is 0 Å². The van der Waals surface area contributed by atoms with Crippen LogP contribution in [0.25, 0.3) is 0 Å². The largest absolute Gasteiger partial charge is 0.543 e. The van der Waals surface area contributed by atoms with Gasteiger partial charge in [0.05, 0.1) is 0 Å². The van der Waals surface area contributed by atoms with E-state index < -0.39 is 8.32 Å². The summed E-state index contributed by atoms with van der Waals surface area (Å²) in [6.45, 7) is 13.8. The predicted molar refractivity (Wildman–Crippen MR) is 87.7 cm³/mol. The normalized spacial score (nSPS) is 12.5. The molecule has 1 rings (SSSR count). The van der Waals surface area contributed by atoms with Crippen LogP contribution in [0.5, 0.6) is 5.75 Å². The van der Waals surface area contributed by atoms with E-state index in [0.717, 1.165) is 11.3 Å². The van der Waals surface area contributed by atoms with Crippen molar-refractivity contribution in [1.82, 2.24) is 0 Å². The van der Waals surface area contributed by atoms with Crippen molar-refractivity contribution in [2.45, 2.75) is 64.0 Å². The van der Waals surface area contributed by atoms with Crippen LogP contribution in [-0.2, 0) is 5.88 Å². The maximum Gasteiger partial charge on any atom is 0.258 e. The zero-order valence-corrected chi connectivity index (χ0v) is 14.8. The highest BCUT2D eigenvalue weighted by atomic mass is 35.5. The lowest BCUT2D eigenvalue weighted by atomic mass is 10.2. The molecule has 1 aromatic carbocycles. The Morgan fingerprint density at radius 3 is 1.63 bits per heavy atom. The van der Waals surface area contributed by atoms with E-state index in [4.69, 9.17) is 16.0 Å². The van der Waals surface area contributed by atoms with Gasteiger partial charge in [0.2, 0.25) is 0 Å². The van der Waals surface area contributed by atoms with E-state index in [1.165, 1.54) is 0 Å². The third kappa shape index (κ3) is 3.54. The molecule has 0 atom stereocenters. The van der Waals surface area contributed by atoms with Gasteiger partial charge < -0.3 is 4.43 Å². The molecule has 0 saturated heterocycles. The van der Waals surface area contributed by atoms with E-state index in [-0.39, 0.29) is 0 Å². The minimum atomic E-state index is -1.83. The maximum atomic E-state index is 6.58. The first kappa shape index (κ1) is 16.6. The van der Waals surface area contributed by atoms with E-state index in [9.17, 15) is 0 Å². The molecule has 0 aliphatic rings. The minimum absolute atomic E-state index is 0.557. The monoisotopic (exact) mass is 298 g/mol. The summed E-state index contributed by atoms with van der Waals surface area (Å²) >= 11 is 5.83. The molecule has 0 N–H and O–H groups in total. The topological polar surface area (TPSA) is 9.23 Å². The van der Waals surface area contributed by atoms with Gasteiger partial charge in [0.15, 0.2) is 0 Å². The number of benzene rings is 1. The third-order valence-corrected chi connectivity index (χ3v) is 10.4. The van der Waals surface area contributed by atoms with Gasteiger partial charge in [0.1, 0.15) is 5.75 Å². The second kappa shape index (κ2) is 6.80. The van der Waals surface area contributed by atoms with Gasteiger partial charge in [-0.15, -0.1) is 11.6 Å². The summed E-state index contributed by atoms with van der Waals surface area (Å²) in [4.78, 5) is 0. The van der Waals surface area contributed by atoms with Gasteiger partial charge in [-0.2, -0.15) is 0 Å². The quantitative estimate of drug-likeness (QED) is 0.464. The van der Waals surface area contributed by atoms with Gasteiger partial charge in [-0.05, 0) is 34.3 Å². The number of halogens is 1. The summed E-state index contributed by atoms with van der Waals surface area (Å²) in [5.41, 5.74) is 2.93. The Kier molecular flexibility index (Phi) is 5.94. The summed E-state index contributed by atoms with van der Waals surface area (Å²) in [5.74, 6) is 1.55. The smallest absolute Gasteiger partial charge is 0.258 e. The first-order valence-electron chi connectivity index (χ1n) is 7.18. The average Bonchev–Trinajstić information content (AvgIpc) is 2.35. The fourth-order valence-corrected chi connectivity index (χ4v) is 8.63. The number of hydrogen-bond donors (Lipinski definition) is 0. The standard InChI is InChI=1S/C16H27ClOSi/c1-12(2)19(13(3)4,14(5)6)18-16-9-7-15(11-17)8-10-16/h7-10,12-14H,11H2,1-6H3. The van der Waals surface area contributed by atoms with Crippen LogP contribution in [0.1, 0.15) is 47.1 Å². The van der Waals surface area contributed by atoms with Crippen molar-refractivity contribution in [1.29, 1.82) is 0 Å². The van der Waals surface area contributed by atoms with Crippen LogP contribution >= 0.6 is 11.6 Å². The molecule has 0 aromatic heterocycles. The van der Waals surface area contributed by atoms with Crippen LogP contribution in [0, 0.1) is 0 Å². The number of rotatable bonds is 6. The molecule has 108 valence electrons. The van der Waals surface area contributed by atoms with Crippen molar-refractivity contribution >= 4 is 19.9 Å². The van der Waals surface area contributed by atoms with Crippen molar-refractivity contribution in [3.8, 4) is 5.75 Å². The van der Waals surface area contributed by atoms with Crippen LogP contribution in [0.15, 0.2) is 24.3 Å². The van der Waals surface area contributed by atoms with E-state index in [1.807, 2.05) is 0 Å². The fourth-order valence-electron chi connectivity index (χ4n) is 3.20. The van der Waals surface area contributed by atoms with Crippen molar-refractivity contribution in [2.24, 2.45) is 0 Å². The highest BCUT2D eigenvalue weighted by Gasteiger charge is 2.46. The molecule has 19 heavy (non-hydrogen) atoms. The van der Waals surface area contributed by atoms with E-state index in [0.29, 0.717) is 22.5 Å². The van der Waals surface area contributed by atoms with E-state index >= 15 is 0 Å². The molecular formula is C16H27ClOSi. The lowest BCUT2D eigenvalue weighted by Gasteiger charge is -2.42. The zero-order valence-electron chi connectivity index (χ0n) is 13.0. The molecule has 3 heteroatoms. The lowest BCUT2D eigenvalue weighted by Crippen LogP contribution is -2.50. The second-order valence-corrected chi connectivity index (χ2v) is 11.8. The lowest BCUT2D eigenvalue weighted by molar-refractivity contribution is 0.479. The van der Waals surface area contributed by atoms with Gasteiger partial charge in [-0.1, -0.05) is 53.7 Å². The number of alkyl halides is 1. The van der Waals surface area contributed by atoms with Crippen molar-refractivity contribution in [3.05, 3.63) is 29.8 Å². The van der Waals surface area contributed by atoms with E-state index in [2.05, 4.69) is 65.8 Å². The molecule has 0 aliphatic carbocycles. The average molecular weight is 299 g/mol. The molecule has 1 nitrogen and oxygen atoms in total. The molecule has 0 amide bonds. The Morgan fingerprint density at radius 2 is 1.32 bits per heavy atom. The fraction of sp³-hybridized carbons (Fsp3) is 0.625. The molecule has 1 aromatic rings. The molecule has 0 fully saturated rings. The molecular weight excluding hydrogens is 272 g/mol. The van der Waals surface area contributed by atoms with Crippen molar-refractivity contribution in [2.75, 3.05) is 0 Å². The van der Waals surface area contributed by atoms with Gasteiger partial charge in [-0.3, -0.25) is 0 Å². The van der Waals surface area contributed by atoms with Crippen LogP contribution in [0.4, 0.5) is 0 Å².